The second-order valence-electron chi connectivity index (χ2n) is 5.01. The van der Waals surface area contributed by atoms with Crippen LogP contribution in [0.25, 0.3) is 11.1 Å². The summed E-state index contributed by atoms with van der Waals surface area (Å²) in [6, 6.07) is 9.52. The summed E-state index contributed by atoms with van der Waals surface area (Å²) in [5.74, 6) is 0.834. The number of aromatic amines is 1. The molecule has 1 aromatic carbocycles. The molecule has 4 heteroatoms. The summed E-state index contributed by atoms with van der Waals surface area (Å²) in [6.45, 7) is 6.49. The summed E-state index contributed by atoms with van der Waals surface area (Å²) in [7, 11) is 0. The van der Waals surface area contributed by atoms with E-state index in [0.717, 1.165) is 29.0 Å². The van der Waals surface area contributed by atoms with Crippen molar-refractivity contribution in [2.75, 3.05) is 6.61 Å². The minimum atomic E-state index is -0.350. The molecular weight excluding hydrogens is 264 g/mol. The lowest BCUT2D eigenvalue weighted by Gasteiger charge is -2.11. The van der Waals surface area contributed by atoms with Gasteiger partial charge in [-0.15, -0.1) is 0 Å². The largest absolute Gasteiger partial charge is 0.493 e. The van der Waals surface area contributed by atoms with E-state index in [4.69, 9.17) is 4.74 Å². The van der Waals surface area contributed by atoms with Crippen molar-refractivity contribution in [1.82, 2.24) is 4.98 Å². The van der Waals surface area contributed by atoms with Gasteiger partial charge >= 0.3 is 0 Å². The summed E-state index contributed by atoms with van der Waals surface area (Å²) in [6.07, 6.45) is 0.951. The Labute approximate surface area is 124 Å². The number of H-pyrrole nitrogens is 1. The second-order valence-corrected chi connectivity index (χ2v) is 5.01. The van der Waals surface area contributed by atoms with Crippen molar-refractivity contribution in [3.05, 3.63) is 51.4 Å². The Bertz CT molecular complexity index is 754. The van der Waals surface area contributed by atoms with Gasteiger partial charge in [0.15, 0.2) is 0 Å². The Balaban J connectivity index is 2.51. The van der Waals surface area contributed by atoms with Crippen molar-refractivity contribution in [3.8, 4) is 22.9 Å². The molecule has 0 saturated carbocycles. The zero-order chi connectivity index (χ0) is 15.4. The SMILES string of the molecule is CCCOc1ccc(-c2cc(C)[nH]c(=O)c2C#N)cc1C. The Morgan fingerprint density at radius 2 is 2.05 bits per heavy atom. The number of hydrogen-bond acceptors (Lipinski definition) is 3. The molecule has 0 unspecified atom stereocenters. The average molecular weight is 282 g/mol. The quantitative estimate of drug-likeness (QED) is 0.935. The summed E-state index contributed by atoms with van der Waals surface area (Å²) in [5, 5.41) is 9.20. The van der Waals surface area contributed by atoms with Gasteiger partial charge in [0.25, 0.3) is 5.56 Å². The third-order valence-corrected chi connectivity index (χ3v) is 3.23. The molecule has 0 aliphatic carbocycles. The first kappa shape index (κ1) is 14.9. The number of aromatic nitrogens is 1. The van der Waals surface area contributed by atoms with Crippen LogP contribution in [0.1, 0.15) is 30.2 Å². The van der Waals surface area contributed by atoms with Gasteiger partial charge in [-0.05, 0) is 49.6 Å². The highest BCUT2D eigenvalue weighted by Crippen LogP contribution is 2.27. The minimum absolute atomic E-state index is 0.141. The fourth-order valence-corrected chi connectivity index (χ4v) is 2.22. The van der Waals surface area contributed by atoms with Crippen LogP contribution in [0.2, 0.25) is 0 Å². The monoisotopic (exact) mass is 282 g/mol. The van der Waals surface area contributed by atoms with Crippen molar-refractivity contribution < 1.29 is 4.74 Å². The predicted octanol–water partition coefficient (Wildman–Crippen LogP) is 3.32. The standard InChI is InChI=1S/C17H18N2O2/c1-4-7-21-16-6-5-13(8-11(16)2)14-9-12(3)19-17(20)15(14)10-18/h5-6,8-9H,4,7H2,1-3H3,(H,19,20). The number of nitrogens with one attached hydrogen (secondary N) is 1. The van der Waals surface area contributed by atoms with E-state index in [-0.39, 0.29) is 11.1 Å². The van der Waals surface area contributed by atoms with Crippen LogP contribution in [0.5, 0.6) is 5.75 Å². The van der Waals surface area contributed by atoms with Gasteiger partial charge < -0.3 is 9.72 Å². The number of nitrogens with zero attached hydrogens (tertiary/aromatic N) is 1. The van der Waals surface area contributed by atoms with Crippen molar-refractivity contribution in [3.63, 3.8) is 0 Å². The van der Waals surface area contributed by atoms with Gasteiger partial charge in [-0.3, -0.25) is 4.79 Å². The Morgan fingerprint density at radius 3 is 2.67 bits per heavy atom. The van der Waals surface area contributed by atoms with Crippen molar-refractivity contribution in [2.45, 2.75) is 27.2 Å². The number of ether oxygens (including phenoxy) is 1. The first-order valence-electron chi connectivity index (χ1n) is 6.94. The van der Waals surface area contributed by atoms with E-state index >= 15 is 0 Å². The van der Waals surface area contributed by atoms with E-state index in [1.807, 2.05) is 37.3 Å². The molecular formula is C17H18N2O2. The topological polar surface area (TPSA) is 65.9 Å². The van der Waals surface area contributed by atoms with Gasteiger partial charge in [-0.1, -0.05) is 13.0 Å². The number of benzene rings is 1. The molecule has 0 radical (unpaired) electrons. The Kier molecular flexibility index (Phi) is 4.44. The molecule has 0 bridgehead atoms. The number of nitriles is 1. The maximum absolute atomic E-state index is 11.9. The zero-order valence-corrected chi connectivity index (χ0v) is 12.5. The van der Waals surface area contributed by atoms with Gasteiger partial charge in [0.1, 0.15) is 17.4 Å². The van der Waals surface area contributed by atoms with Gasteiger partial charge in [0, 0.05) is 11.3 Å². The molecule has 1 N–H and O–H groups in total. The molecule has 0 fully saturated rings. The van der Waals surface area contributed by atoms with Crippen LogP contribution in [0.4, 0.5) is 0 Å². The fourth-order valence-electron chi connectivity index (χ4n) is 2.22. The van der Waals surface area contributed by atoms with Crippen LogP contribution in [-0.2, 0) is 0 Å². The predicted molar refractivity (Wildman–Crippen MR) is 82.5 cm³/mol. The van der Waals surface area contributed by atoms with Crippen LogP contribution in [0.3, 0.4) is 0 Å². The van der Waals surface area contributed by atoms with Crippen molar-refractivity contribution in [1.29, 1.82) is 5.26 Å². The van der Waals surface area contributed by atoms with Crippen molar-refractivity contribution in [2.24, 2.45) is 0 Å². The maximum Gasteiger partial charge on any atom is 0.266 e. The Hall–Kier alpha value is -2.54. The lowest BCUT2D eigenvalue weighted by molar-refractivity contribution is 0.315. The van der Waals surface area contributed by atoms with E-state index in [1.165, 1.54) is 0 Å². The van der Waals surface area contributed by atoms with Crippen LogP contribution in [-0.4, -0.2) is 11.6 Å². The van der Waals surface area contributed by atoms with Gasteiger partial charge in [-0.2, -0.15) is 5.26 Å². The highest BCUT2D eigenvalue weighted by Gasteiger charge is 2.11. The van der Waals surface area contributed by atoms with E-state index < -0.39 is 0 Å². The van der Waals surface area contributed by atoms with Crippen molar-refractivity contribution >= 4 is 0 Å². The number of rotatable bonds is 4. The Morgan fingerprint density at radius 1 is 1.29 bits per heavy atom. The minimum Gasteiger partial charge on any atom is -0.493 e. The van der Waals surface area contributed by atoms with Crippen LogP contribution < -0.4 is 10.3 Å². The molecule has 0 spiro atoms. The lowest BCUT2D eigenvalue weighted by atomic mass is 9.99. The summed E-state index contributed by atoms with van der Waals surface area (Å²) < 4.78 is 5.65. The highest BCUT2D eigenvalue weighted by molar-refractivity contribution is 5.71. The van der Waals surface area contributed by atoms with Gasteiger partial charge in [0.2, 0.25) is 0 Å². The molecule has 0 aliphatic heterocycles. The molecule has 1 heterocycles. The number of hydrogen-bond donors (Lipinski definition) is 1. The van der Waals surface area contributed by atoms with Crippen LogP contribution in [0, 0.1) is 25.2 Å². The summed E-state index contributed by atoms with van der Waals surface area (Å²) in [4.78, 5) is 14.5. The molecule has 0 aliphatic rings. The van der Waals surface area contributed by atoms with Crippen LogP contribution >= 0.6 is 0 Å². The van der Waals surface area contributed by atoms with Gasteiger partial charge in [-0.25, -0.2) is 0 Å². The average Bonchev–Trinajstić information content (AvgIpc) is 2.45. The smallest absolute Gasteiger partial charge is 0.266 e. The van der Waals surface area contributed by atoms with Gasteiger partial charge in [0.05, 0.1) is 6.61 Å². The van der Waals surface area contributed by atoms with E-state index in [1.54, 1.807) is 6.92 Å². The molecule has 0 atom stereocenters. The first-order valence-corrected chi connectivity index (χ1v) is 6.94. The van der Waals surface area contributed by atoms with Crippen LogP contribution in [0.15, 0.2) is 29.1 Å². The molecule has 4 nitrogen and oxygen atoms in total. The summed E-state index contributed by atoms with van der Waals surface area (Å²) in [5.41, 5.74) is 3.02. The fraction of sp³-hybridized carbons (Fsp3) is 0.294. The molecule has 108 valence electrons. The van der Waals surface area contributed by atoms with E-state index in [2.05, 4.69) is 11.9 Å². The maximum atomic E-state index is 11.9. The normalized spacial score (nSPS) is 10.2. The lowest BCUT2D eigenvalue weighted by Crippen LogP contribution is -2.12. The first-order chi connectivity index (χ1) is 10.1. The molecule has 1 aromatic heterocycles. The number of pyridine rings is 1. The zero-order valence-electron chi connectivity index (χ0n) is 12.5. The third-order valence-electron chi connectivity index (χ3n) is 3.23. The molecule has 21 heavy (non-hydrogen) atoms. The molecule has 2 aromatic rings. The number of aryl methyl sites for hydroxylation is 2. The highest BCUT2D eigenvalue weighted by atomic mass is 16.5. The molecule has 0 amide bonds. The van der Waals surface area contributed by atoms with E-state index in [9.17, 15) is 10.1 Å². The molecule has 2 rings (SSSR count). The molecule has 0 saturated heterocycles. The van der Waals surface area contributed by atoms with E-state index in [0.29, 0.717) is 12.2 Å². The summed E-state index contributed by atoms with van der Waals surface area (Å²) >= 11 is 0. The third kappa shape index (κ3) is 3.14. The second kappa shape index (κ2) is 6.27.